The maximum absolute atomic E-state index is 12.7. The maximum Gasteiger partial charge on any atom is 0.277 e. The lowest BCUT2D eigenvalue weighted by Gasteiger charge is -2.19. The number of nitrogen functional groups attached to an aromatic ring is 1. The molecule has 132 valence electrons. The topological polar surface area (TPSA) is 99.2 Å². The third kappa shape index (κ3) is 4.33. The van der Waals surface area contributed by atoms with E-state index in [2.05, 4.69) is 5.32 Å². The van der Waals surface area contributed by atoms with E-state index in [9.17, 15) is 14.9 Å². The zero-order valence-electron chi connectivity index (χ0n) is 13.7. The summed E-state index contributed by atoms with van der Waals surface area (Å²) in [6.45, 7) is 1.22. The molecule has 0 saturated carbocycles. The van der Waals surface area contributed by atoms with Crippen molar-refractivity contribution in [2.75, 3.05) is 16.0 Å². The van der Waals surface area contributed by atoms with Gasteiger partial charge in [0.2, 0.25) is 5.91 Å². The fourth-order valence-electron chi connectivity index (χ4n) is 2.11. The lowest BCUT2D eigenvalue weighted by molar-refractivity contribution is -0.123. The van der Waals surface area contributed by atoms with Crippen LogP contribution in [0.5, 0.6) is 0 Å². The number of halogens is 2. The molecule has 2 aromatic rings. The number of nitriles is 1. The molecule has 8 heteroatoms. The summed E-state index contributed by atoms with van der Waals surface area (Å²) < 4.78 is 0. The van der Waals surface area contributed by atoms with Gasteiger partial charge in [0.25, 0.3) is 5.91 Å². The molecule has 3 N–H and O–H groups in total. The van der Waals surface area contributed by atoms with Gasteiger partial charge < -0.3 is 11.1 Å². The average Bonchev–Trinajstić information content (AvgIpc) is 2.59. The lowest BCUT2D eigenvalue weighted by atomic mass is 10.2. The number of hydrogen-bond donors (Lipinski definition) is 2. The number of amides is 2. The highest BCUT2D eigenvalue weighted by atomic mass is 35.5. The number of para-hydroxylation sites is 1. The first-order valence-corrected chi connectivity index (χ1v) is 8.12. The Bertz CT molecular complexity index is 898. The monoisotopic (exact) mass is 388 g/mol. The van der Waals surface area contributed by atoms with Crippen molar-refractivity contribution in [3.63, 3.8) is 0 Å². The van der Waals surface area contributed by atoms with E-state index in [4.69, 9.17) is 28.9 Å². The van der Waals surface area contributed by atoms with Crippen molar-refractivity contribution in [1.29, 1.82) is 5.26 Å². The second kappa shape index (κ2) is 8.39. The molecule has 0 atom stereocenters. The predicted octanol–water partition coefficient (Wildman–Crippen LogP) is 3.97. The van der Waals surface area contributed by atoms with Gasteiger partial charge in [-0.2, -0.15) is 5.26 Å². The van der Waals surface area contributed by atoms with Crippen LogP contribution in [0.3, 0.4) is 0 Å². The second-order valence-corrected chi connectivity index (χ2v) is 5.98. The van der Waals surface area contributed by atoms with Crippen LogP contribution in [0.1, 0.15) is 6.92 Å². The van der Waals surface area contributed by atoms with E-state index in [1.165, 1.54) is 19.1 Å². The van der Waals surface area contributed by atoms with Gasteiger partial charge in [-0.15, -0.1) is 0 Å². The number of benzene rings is 2. The largest absolute Gasteiger partial charge is 0.399 e. The highest BCUT2D eigenvalue weighted by molar-refractivity contribution is 6.39. The molecular weight excluding hydrogens is 375 g/mol. The molecular formula is C18H14Cl2N4O2. The quantitative estimate of drug-likeness (QED) is 0.468. The summed E-state index contributed by atoms with van der Waals surface area (Å²) in [6, 6.07) is 12.8. The Balaban J connectivity index is 2.35. The third-order valence-corrected chi connectivity index (χ3v) is 3.97. The van der Waals surface area contributed by atoms with E-state index in [1.807, 2.05) is 0 Å². The number of nitrogens with two attached hydrogens (primary N) is 1. The summed E-state index contributed by atoms with van der Waals surface area (Å²) in [5.41, 5.74) is 6.45. The van der Waals surface area contributed by atoms with Crippen molar-refractivity contribution in [2.24, 2.45) is 0 Å². The van der Waals surface area contributed by atoms with Crippen LogP contribution in [0.4, 0.5) is 17.1 Å². The molecule has 0 radical (unpaired) electrons. The van der Waals surface area contributed by atoms with Crippen LogP contribution in [-0.4, -0.2) is 11.8 Å². The Hall–Kier alpha value is -3.01. The van der Waals surface area contributed by atoms with Crippen molar-refractivity contribution in [1.82, 2.24) is 0 Å². The molecule has 0 heterocycles. The van der Waals surface area contributed by atoms with Gasteiger partial charge in [-0.1, -0.05) is 29.3 Å². The Morgan fingerprint density at radius 1 is 1.15 bits per heavy atom. The molecule has 0 aliphatic heterocycles. The minimum atomic E-state index is -0.791. The van der Waals surface area contributed by atoms with Crippen LogP contribution in [0.15, 0.2) is 54.2 Å². The zero-order chi connectivity index (χ0) is 19.3. The number of rotatable bonds is 4. The smallest absolute Gasteiger partial charge is 0.277 e. The first-order valence-electron chi connectivity index (χ1n) is 7.36. The van der Waals surface area contributed by atoms with E-state index >= 15 is 0 Å². The van der Waals surface area contributed by atoms with Crippen molar-refractivity contribution in [2.45, 2.75) is 6.92 Å². The van der Waals surface area contributed by atoms with Crippen molar-refractivity contribution >= 4 is 52.1 Å². The molecule has 26 heavy (non-hydrogen) atoms. The molecule has 6 nitrogen and oxygen atoms in total. The van der Waals surface area contributed by atoms with Crippen LogP contribution < -0.4 is 16.0 Å². The van der Waals surface area contributed by atoms with E-state index in [0.717, 1.165) is 11.1 Å². The van der Waals surface area contributed by atoms with Gasteiger partial charge in [-0.3, -0.25) is 9.59 Å². The molecule has 2 amide bonds. The summed E-state index contributed by atoms with van der Waals surface area (Å²) in [7, 11) is 0. The lowest BCUT2D eigenvalue weighted by Crippen LogP contribution is -2.36. The number of carbonyl (C=O) groups excluding carboxylic acids is 2. The molecule has 0 fully saturated rings. The molecule has 0 aliphatic carbocycles. The predicted molar refractivity (Wildman–Crippen MR) is 103 cm³/mol. The van der Waals surface area contributed by atoms with Gasteiger partial charge in [0.1, 0.15) is 11.6 Å². The zero-order valence-corrected chi connectivity index (χ0v) is 15.2. The fraction of sp³-hybridized carbons (Fsp3) is 0.0556. The number of nitrogens with zero attached hydrogens (tertiary/aromatic N) is 2. The number of nitrogens with one attached hydrogen (secondary N) is 1. The van der Waals surface area contributed by atoms with Gasteiger partial charge in [-0.25, -0.2) is 4.90 Å². The standard InChI is InChI=1S/C18H14Cl2N4O2/c1-11(25)24(14-7-5-13(22)6-8-14)18(26)12(9-21)10-23-17-15(19)3-2-4-16(17)20/h2-8,10,23H,22H2,1H3/b12-10-. The average molecular weight is 389 g/mol. The van der Waals surface area contributed by atoms with E-state index < -0.39 is 11.8 Å². The van der Waals surface area contributed by atoms with Crippen LogP contribution in [0.2, 0.25) is 10.0 Å². The van der Waals surface area contributed by atoms with Gasteiger partial charge in [0, 0.05) is 18.8 Å². The van der Waals surface area contributed by atoms with Crippen molar-refractivity contribution in [3.8, 4) is 6.07 Å². The molecule has 2 rings (SSSR count). The van der Waals surface area contributed by atoms with Gasteiger partial charge >= 0.3 is 0 Å². The van der Waals surface area contributed by atoms with Gasteiger partial charge in [0.05, 0.1) is 21.4 Å². The third-order valence-electron chi connectivity index (χ3n) is 3.34. The molecule has 0 spiro atoms. The van der Waals surface area contributed by atoms with Crippen LogP contribution in [-0.2, 0) is 9.59 Å². The number of imide groups is 1. The summed E-state index contributed by atoms with van der Waals surface area (Å²) in [4.78, 5) is 25.5. The van der Waals surface area contributed by atoms with Crippen LogP contribution in [0.25, 0.3) is 0 Å². The second-order valence-electron chi connectivity index (χ2n) is 5.16. The summed E-state index contributed by atoms with van der Waals surface area (Å²) in [5, 5.41) is 12.7. The molecule has 0 aliphatic rings. The molecule has 0 saturated heterocycles. The van der Waals surface area contributed by atoms with Crippen molar-refractivity contribution in [3.05, 3.63) is 64.3 Å². The number of hydrogen-bond acceptors (Lipinski definition) is 5. The molecule has 0 aromatic heterocycles. The van der Waals surface area contributed by atoms with Crippen LogP contribution in [0, 0.1) is 11.3 Å². The van der Waals surface area contributed by atoms with E-state index in [0.29, 0.717) is 27.1 Å². The van der Waals surface area contributed by atoms with E-state index in [-0.39, 0.29) is 5.57 Å². The van der Waals surface area contributed by atoms with Crippen molar-refractivity contribution < 1.29 is 9.59 Å². The Kier molecular flexibility index (Phi) is 6.23. The molecule has 0 unspecified atom stereocenters. The minimum absolute atomic E-state index is 0.298. The maximum atomic E-state index is 12.7. The Morgan fingerprint density at radius 3 is 2.23 bits per heavy atom. The number of anilines is 3. The SMILES string of the molecule is CC(=O)N(C(=O)/C(C#N)=C\Nc1c(Cl)cccc1Cl)c1ccc(N)cc1. The first kappa shape index (κ1) is 19.3. The van der Waals surface area contributed by atoms with E-state index in [1.54, 1.807) is 36.4 Å². The molecule has 2 aromatic carbocycles. The summed E-state index contributed by atoms with van der Waals surface area (Å²) in [5.74, 6) is -1.34. The summed E-state index contributed by atoms with van der Waals surface area (Å²) >= 11 is 12.1. The first-order chi connectivity index (χ1) is 12.3. The highest BCUT2D eigenvalue weighted by Gasteiger charge is 2.24. The normalized spacial score (nSPS) is 10.8. The van der Waals surface area contributed by atoms with Crippen LogP contribution >= 0.6 is 23.2 Å². The Morgan fingerprint density at radius 2 is 1.73 bits per heavy atom. The molecule has 0 bridgehead atoms. The van der Waals surface area contributed by atoms with Gasteiger partial charge in [-0.05, 0) is 36.4 Å². The highest BCUT2D eigenvalue weighted by Crippen LogP contribution is 2.30. The summed E-state index contributed by atoms with van der Waals surface area (Å²) in [6.07, 6.45) is 1.16. The Labute approximate surface area is 160 Å². The van der Waals surface area contributed by atoms with Gasteiger partial charge in [0.15, 0.2) is 0 Å². The minimum Gasteiger partial charge on any atom is -0.399 e. The fourth-order valence-corrected chi connectivity index (χ4v) is 2.61. The number of carbonyl (C=O) groups is 2.